The van der Waals surface area contributed by atoms with E-state index in [0.29, 0.717) is 10.8 Å². The zero-order valence-electron chi connectivity index (χ0n) is 14.9. The molecule has 1 atom stereocenters. The third kappa shape index (κ3) is 5.26. The molecule has 0 N–H and O–H groups in total. The van der Waals surface area contributed by atoms with E-state index in [1.165, 1.54) is 19.1 Å². The van der Waals surface area contributed by atoms with Gasteiger partial charge in [-0.15, -0.1) is 0 Å². The van der Waals surface area contributed by atoms with E-state index in [9.17, 15) is 18.0 Å². The summed E-state index contributed by atoms with van der Waals surface area (Å²) in [5.74, 6) is -0.510. The summed E-state index contributed by atoms with van der Waals surface area (Å²) in [6.07, 6.45) is -5.42. The summed E-state index contributed by atoms with van der Waals surface area (Å²) >= 11 is 5.93. The molecule has 0 amide bonds. The van der Waals surface area contributed by atoms with Gasteiger partial charge in [-0.05, 0) is 31.2 Å². The quantitative estimate of drug-likeness (QED) is 0.511. The minimum absolute atomic E-state index is 0.0543. The summed E-state index contributed by atoms with van der Waals surface area (Å²) in [7, 11) is 0. The predicted octanol–water partition coefficient (Wildman–Crippen LogP) is 5.09. The lowest BCUT2D eigenvalue weighted by molar-refractivity contribution is -0.152. The van der Waals surface area contributed by atoms with Gasteiger partial charge >= 0.3 is 12.1 Å². The number of alkyl halides is 3. The zero-order valence-corrected chi connectivity index (χ0v) is 15.7. The van der Waals surface area contributed by atoms with Crippen LogP contribution in [0, 0.1) is 0 Å². The number of ether oxygens (including phenoxy) is 2. The Balaban J connectivity index is 1.63. The number of halogens is 4. The lowest BCUT2D eigenvalue weighted by Gasteiger charge is -2.10. The van der Waals surface area contributed by atoms with Crippen molar-refractivity contribution in [3.05, 3.63) is 65.0 Å². The highest BCUT2D eigenvalue weighted by Crippen LogP contribution is 2.32. The van der Waals surface area contributed by atoms with Gasteiger partial charge in [0.2, 0.25) is 5.82 Å². The normalized spacial score (nSPS) is 12.4. The average molecular weight is 427 g/mol. The van der Waals surface area contributed by atoms with Crippen LogP contribution in [0.5, 0.6) is 5.75 Å². The molecule has 6 nitrogen and oxygen atoms in total. The third-order valence-corrected chi connectivity index (χ3v) is 4.04. The summed E-state index contributed by atoms with van der Waals surface area (Å²) in [6, 6.07) is 11.1. The van der Waals surface area contributed by atoms with E-state index in [4.69, 9.17) is 25.6 Å². The Morgan fingerprint density at radius 2 is 1.97 bits per heavy atom. The number of benzene rings is 2. The van der Waals surface area contributed by atoms with Gasteiger partial charge in [0.15, 0.2) is 12.7 Å². The third-order valence-electron chi connectivity index (χ3n) is 3.73. The number of carbonyl (C=O) groups is 1. The maximum atomic E-state index is 12.8. The molecular formula is C19H14ClF3N2O4. The number of aromatic nitrogens is 2. The Hall–Kier alpha value is -3.07. The molecule has 0 radical (unpaired) electrons. The van der Waals surface area contributed by atoms with Gasteiger partial charge in [-0.25, -0.2) is 4.79 Å². The van der Waals surface area contributed by atoms with Gasteiger partial charge in [0.25, 0.3) is 5.89 Å². The van der Waals surface area contributed by atoms with Crippen molar-refractivity contribution in [3.63, 3.8) is 0 Å². The standard InChI is InChI=1S/C19H14ClF3N2O4/c1-11(28-16(26)10-27-15-8-3-2-7-14(15)20)18-24-17(25-29-18)12-5-4-6-13(9-12)19(21,22)23/h2-9,11H,10H2,1H3. The van der Waals surface area contributed by atoms with Crippen molar-refractivity contribution < 1.29 is 32.0 Å². The first-order chi connectivity index (χ1) is 13.7. The fraction of sp³-hybridized carbons (Fsp3) is 0.211. The zero-order chi connectivity index (χ0) is 21.0. The van der Waals surface area contributed by atoms with E-state index in [2.05, 4.69) is 10.1 Å². The summed E-state index contributed by atoms with van der Waals surface area (Å²) < 4.78 is 53.9. The maximum Gasteiger partial charge on any atom is 0.416 e. The van der Waals surface area contributed by atoms with Crippen LogP contribution < -0.4 is 4.74 Å². The van der Waals surface area contributed by atoms with Crippen molar-refractivity contribution in [2.75, 3.05) is 6.61 Å². The molecule has 0 aliphatic carbocycles. The molecule has 0 bridgehead atoms. The Bertz CT molecular complexity index is 1010. The number of carbonyl (C=O) groups excluding carboxylic acids is 1. The van der Waals surface area contributed by atoms with Gasteiger partial charge in [-0.1, -0.05) is 41.0 Å². The molecule has 0 saturated heterocycles. The molecule has 2 aromatic carbocycles. The fourth-order valence-corrected chi connectivity index (χ4v) is 2.52. The van der Waals surface area contributed by atoms with Crippen LogP contribution >= 0.6 is 11.6 Å². The lowest BCUT2D eigenvalue weighted by atomic mass is 10.1. The van der Waals surface area contributed by atoms with Crippen LogP contribution in [0.2, 0.25) is 5.02 Å². The van der Waals surface area contributed by atoms with Crippen molar-refractivity contribution in [1.29, 1.82) is 0 Å². The number of hydrogen-bond acceptors (Lipinski definition) is 6. The number of para-hydroxylation sites is 1. The molecule has 0 aliphatic heterocycles. The first-order valence-corrected chi connectivity index (χ1v) is 8.70. The van der Waals surface area contributed by atoms with Crippen LogP contribution in [0.25, 0.3) is 11.4 Å². The summed E-state index contributed by atoms with van der Waals surface area (Å²) in [5, 5.41) is 3.99. The van der Waals surface area contributed by atoms with Crippen LogP contribution in [0.3, 0.4) is 0 Å². The number of nitrogens with zero attached hydrogens (tertiary/aromatic N) is 2. The molecule has 152 valence electrons. The van der Waals surface area contributed by atoms with Crippen molar-refractivity contribution in [1.82, 2.24) is 10.1 Å². The Morgan fingerprint density at radius 1 is 1.21 bits per heavy atom. The van der Waals surface area contributed by atoms with E-state index in [1.54, 1.807) is 24.3 Å². The predicted molar refractivity (Wildman–Crippen MR) is 96.2 cm³/mol. The van der Waals surface area contributed by atoms with E-state index < -0.39 is 30.4 Å². The average Bonchev–Trinajstić information content (AvgIpc) is 3.17. The molecule has 0 spiro atoms. The fourth-order valence-electron chi connectivity index (χ4n) is 2.33. The highest BCUT2D eigenvalue weighted by molar-refractivity contribution is 6.32. The van der Waals surface area contributed by atoms with Crippen LogP contribution in [-0.2, 0) is 15.7 Å². The van der Waals surface area contributed by atoms with Crippen molar-refractivity contribution in [2.45, 2.75) is 19.2 Å². The second kappa shape index (κ2) is 8.52. The van der Waals surface area contributed by atoms with Crippen molar-refractivity contribution >= 4 is 17.6 Å². The molecule has 3 rings (SSSR count). The van der Waals surface area contributed by atoms with Gasteiger partial charge in [0.1, 0.15) is 5.75 Å². The number of hydrogen-bond donors (Lipinski definition) is 0. The van der Waals surface area contributed by atoms with Gasteiger partial charge in [0, 0.05) is 5.56 Å². The molecule has 10 heteroatoms. The molecular weight excluding hydrogens is 413 g/mol. The number of esters is 1. The summed E-state index contributed by atoms with van der Waals surface area (Å²) in [6.45, 7) is 1.08. The van der Waals surface area contributed by atoms with Gasteiger partial charge in [-0.2, -0.15) is 18.2 Å². The minimum Gasteiger partial charge on any atom is -0.480 e. The Kier molecular flexibility index (Phi) is 6.07. The van der Waals surface area contributed by atoms with Crippen LogP contribution in [0.4, 0.5) is 13.2 Å². The highest BCUT2D eigenvalue weighted by atomic mass is 35.5. The second-order valence-corrected chi connectivity index (χ2v) is 6.29. The van der Waals surface area contributed by atoms with Gasteiger partial charge in [-0.3, -0.25) is 0 Å². The van der Waals surface area contributed by atoms with Crippen LogP contribution in [0.15, 0.2) is 53.1 Å². The second-order valence-electron chi connectivity index (χ2n) is 5.89. The monoisotopic (exact) mass is 426 g/mol. The smallest absolute Gasteiger partial charge is 0.416 e. The maximum absolute atomic E-state index is 12.8. The molecule has 1 heterocycles. The SMILES string of the molecule is CC(OC(=O)COc1ccccc1Cl)c1nc(-c2cccc(C(F)(F)F)c2)no1. The molecule has 3 aromatic rings. The highest BCUT2D eigenvalue weighted by Gasteiger charge is 2.31. The first kappa shape index (κ1) is 20.7. The molecule has 1 aromatic heterocycles. The van der Waals surface area contributed by atoms with E-state index >= 15 is 0 Å². The van der Waals surface area contributed by atoms with Crippen LogP contribution in [-0.4, -0.2) is 22.7 Å². The van der Waals surface area contributed by atoms with Crippen LogP contribution in [0.1, 0.15) is 24.5 Å². The Labute approximate surface area is 168 Å². The molecule has 29 heavy (non-hydrogen) atoms. The van der Waals surface area contributed by atoms with E-state index in [-0.39, 0.29) is 17.3 Å². The molecule has 0 saturated carbocycles. The van der Waals surface area contributed by atoms with Gasteiger partial charge in [0.05, 0.1) is 10.6 Å². The summed E-state index contributed by atoms with van der Waals surface area (Å²) in [4.78, 5) is 15.9. The van der Waals surface area contributed by atoms with E-state index in [0.717, 1.165) is 12.1 Å². The largest absolute Gasteiger partial charge is 0.480 e. The van der Waals surface area contributed by atoms with Gasteiger partial charge < -0.3 is 14.0 Å². The van der Waals surface area contributed by atoms with Crippen molar-refractivity contribution in [3.8, 4) is 17.1 Å². The number of rotatable bonds is 6. The summed E-state index contributed by atoms with van der Waals surface area (Å²) in [5.41, 5.74) is -0.715. The minimum atomic E-state index is -4.49. The van der Waals surface area contributed by atoms with E-state index in [1.807, 2.05) is 0 Å². The first-order valence-electron chi connectivity index (χ1n) is 8.32. The molecule has 0 fully saturated rings. The molecule has 1 unspecified atom stereocenters. The molecule has 0 aliphatic rings. The van der Waals surface area contributed by atoms with Crippen molar-refractivity contribution in [2.24, 2.45) is 0 Å². The Morgan fingerprint density at radius 3 is 2.69 bits per heavy atom. The lowest BCUT2D eigenvalue weighted by Crippen LogP contribution is -2.17. The topological polar surface area (TPSA) is 74.5 Å².